The van der Waals surface area contributed by atoms with E-state index in [1.807, 2.05) is 0 Å². The third-order valence-electron chi connectivity index (χ3n) is 2.90. The van der Waals surface area contributed by atoms with Gasteiger partial charge in [-0.3, -0.25) is 0 Å². The van der Waals surface area contributed by atoms with Gasteiger partial charge in [-0.05, 0) is 37.7 Å². The molecule has 65 valence electrons. The Bertz CT molecular complexity index is 220. The van der Waals surface area contributed by atoms with Gasteiger partial charge in [0.1, 0.15) is 0 Å². The molecule has 0 heterocycles. The van der Waals surface area contributed by atoms with Crippen LogP contribution in [0.5, 0.6) is 0 Å². The van der Waals surface area contributed by atoms with E-state index in [4.69, 9.17) is 0 Å². The van der Waals surface area contributed by atoms with E-state index >= 15 is 0 Å². The number of hydrogen-bond acceptors (Lipinski definition) is 0. The zero-order valence-corrected chi connectivity index (χ0v) is 7.90. The second-order valence-corrected chi connectivity index (χ2v) is 3.82. The molecule has 0 saturated heterocycles. The molecule has 0 nitrogen and oxygen atoms in total. The molecule has 0 aliphatic heterocycles. The molecule has 0 atom stereocenters. The standard InChI is InChI=1S/C12H17/c1-2-5-10-8-9-11-6-3-4-7-12(10)11/h8-9H,2-7H2,1H3. The van der Waals surface area contributed by atoms with Crippen LogP contribution in [0, 0.1) is 5.92 Å². The Labute approximate surface area is 75.4 Å². The molecule has 2 aliphatic carbocycles. The first-order valence-electron chi connectivity index (χ1n) is 5.18. The van der Waals surface area contributed by atoms with Gasteiger partial charge in [-0.1, -0.05) is 31.1 Å². The maximum Gasteiger partial charge on any atom is 0.0228 e. The van der Waals surface area contributed by atoms with E-state index in [-0.39, 0.29) is 0 Å². The first-order chi connectivity index (χ1) is 5.92. The zero-order valence-electron chi connectivity index (χ0n) is 7.90. The van der Waals surface area contributed by atoms with Gasteiger partial charge in [-0.2, -0.15) is 0 Å². The normalized spacial score (nSPS) is 23.4. The van der Waals surface area contributed by atoms with Gasteiger partial charge in [0.25, 0.3) is 0 Å². The summed E-state index contributed by atoms with van der Waals surface area (Å²) in [4.78, 5) is 0. The van der Waals surface area contributed by atoms with Crippen LogP contribution in [0.3, 0.4) is 0 Å². The van der Waals surface area contributed by atoms with E-state index < -0.39 is 0 Å². The van der Waals surface area contributed by atoms with Gasteiger partial charge in [0.05, 0.1) is 0 Å². The lowest BCUT2D eigenvalue weighted by Gasteiger charge is -2.18. The van der Waals surface area contributed by atoms with Crippen molar-refractivity contribution in [2.75, 3.05) is 0 Å². The third kappa shape index (κ3) is 1.35. The molecule has 0 bridgehead atoms. The summed E-state index contributed by atoms with van der Waals surface area (Å²) in [7, 11) is 0. The molecule has 0 heteroatoms. The Morgan fingerprint density at radius 2 is 2.00 bits per heavy atom. The van der Waals surface area contributed by atoms with Gasteiger partial charge in [-0.15, -0.1) is 0 Å². The van der Waals surface area contributed by atoms with E-state index in [1.54, 1.807) is 17.1 Å². The lowest BCUT2D eigenvalue weighted by atomic mass is 9.87. The van der Waals surface area contributed by atoms with Crippen molar-refractivity contribution in [3.05, 3.63) is 29.2 Å². The fourth-order valence-electron chi connectivity index (χ4n) is 2.28. The SMILES string of the molecule is CCC[C]1C=CC2=C1CCCC2. The van der Waals surface area contributed by atoms with Crippen molar-refractivity contribution in [1.82, 2.24) is 0 Å². The number of rotatable bonds is 2. The molecule has 0 aromatic carbocycles. The topological polar surface area (TPSA) is 0 Å². The Morgan fingerprint density at radius 3 is 2.83 bits per heavy atom. The predicted molar refractivity (Wildman–Crippen MR) is 52.8 cm³/mol. The van der Waals surface area contributed by atoms with Crippen LogP contribution in [-0.2, 0) is 0 Å². The van der Waals surface area contributed by atoms with Gasteiger partial charge in [-0.25, -0.2) is 0 Å². The van der Waals surface area contributed by atoms with Gasteiger partial charge < -0.3 is 0 Å². The van der Waals surface area contributed by atoms with Crippen LogP contribution < -0.4 is 0 Å². The molecular weight excluding hydrogens is 144 g/mol. The first kappa shape index (κ1) is 8.10. The van der Waals surface area contributed by atoms with Crippen molar-refractivity contribution in [3.8, 4) is 0 Å². The predicted octanol–water partition coefficient (Wildman–Crippen LogP) is 3.80. The van der Waals surface area contributed by atoms with Crippen molar-refractivity contribution in [2.45, 2.75) is 45.4 Å². The fourth-order valence-corrected chi connectivity index (χ4v) is 2.28. The highest BCUT2D eigenvalue weighted by Gasteiger charge is 2.22. The highest BCUT2D eigenvalue weighted by molar-refractivity contribution is 5.49. The maximum atomic E-state index is 2.35. The van der Waals surface area contributed by atoms with E-state index in [0.717, 1.165) is 0 Å². The van der Waals surface area contributed by atoms with Gasteiger partial charge in [0.2, 0.25) is 0 Å². The van der Waals surface area contributed by atoms with E-state index in [2.05, 4.69) is 19.1 Å². The highest BCUT2D eigenvalue weighted by atomic mass is 14.3. The minimum Gasteiger partial charge on any atom is -0.0728 e. The van der Waals surface area contributed by atoms with Crippen molar-refractivity contribution in [2.24, 2.45) is 0 Å². The van der Waals surface area contributed by atoms with Gasteiger partial charge >= 0.3 is 0 Å². The summed E-state index contributed by atoms with van der Waals surface area (Å²) < 4.78 is 0. The smallest absolute Gasteiger partial charge is 0.0228 e. The quantitative estimate of drug-likeness (QED) is 0.578. The monoisotopic (exact) mass is 161 g/mol. The molecule has 0 aromatic heterocycles. The summed E-state index contributed by atoms with van der Waals surface area (Å²) in [5.74, 6) is 1.63. The summed E-state index contributed by atoms with van der Waals surface area (Å²) in [6.07, 6.45) is 12.8. The van der Waals surface area contributed by atoms with Crippen LogP contribution in [0.25, 0.3) is 0 Å². The molecule has 0 saturated carbocycles. The lowest BCUT2D eigenvalue weighted by molar-refractivity contribution is 0.673. The summed E-state index contributed by atoms with van der Waals surface area (Å²) in [5, 5.41) is 0. The molecule has 0 amide bonds. The zero-order chi connectivity index (χ0) is 8.39. The largest absolute Gasteiger partial charge is 0.0728 e. The molecule has 0 unspecified atom stereocenters. The number of allylic oxidation sites excluding steroid dienone is 4. The van der Waals surface area contributed by atoms with Gasteiger partial charge in [0.15, 0.2) is 0 Å². The molecule has 2 aliphatic rings. The first-order valence-corrected chi connectivity index (χ1v) is 5.18. The molecule has 1 radical (unpaired) electrons. The van der Waals surface area contributed by atoms with Gasteiger partial charge in [0, 0.05) is 5.92 Å². The summed E-state index contributed by atoms with van der Waals surface area (Å²) in [6, 6.07) is 0. The van der Waals surface area contributed by atoms with Crippen LogP contribution in [0.2, 0.25) is 0 Å². The highest BCUT2D eigenvalue weighted by Crippen LogP contribution is 2.39. The molecule has 12 heavy (non-hydrogen) atoms. The summed E-state index contributed by atoms with van der Waals surface area (Å²) >= 11 is 0. The van der Waals surface area contributed by atoms with Crippen LogP contribution in [0.1, 0.15) is 45.4 Å². The maximum absolute atomic E-state index is 2.35. The molecule has 2 rings (SSSR count). The molecular formula is C12H17. The molecule has 0 fully saturated rings. The van der Waals surface area contributed by atoms with E-state index in [1.165, 1.54) is 38.5 Å². The summed E-state index contributed by atoms with van der Waals surface area (Å²) in [6.45, 7) is 2.27. The lowest BCUT2D eigenvalue weighted by Crippen LogP contribution is -2.01. The average Bonchev–Trinajstić information content (AvgIpc) is 2.50. The Balaban J connectivity index is 2.10. The van der Waals surface area contributed by atoms with E-state index in [9.17, 15) is 0 Å². The average molecular weight is 161 g/mol. The van der Waals surface area contributed by atoms with Crippen LogP contribution in [-0.4, -0.2) is 0 Å². The molecule has 0 aromatic rings. The fraction of sp³-hybridized carbons (Fsp3) is 0.583. The Hall–Kier alpha value is -0.520. The van der Waals surface area contributed by atoms with Crippen molar-refractivity contribution in [3.63, 3.8) is 0 Å². The molecule has 0 spiro atoms. The summed E-state index contributed by atoms with van der Waals surface area (Å²) in [5.41, 5.74) is 3.34. The van der Waals surface area contributed by atoms with Crippen molar-refractivity contribution in [1.29, 1.82) is 0 Å². The third-order valence-corrected chi connectivity index (χ3v) is 2.90. The van der Waals surface area contributed by atoms with Crippen LogP contribution in [0.15, 0.2) is 23.3 Å². The minimum absolute atomic E-state index is 1.29. The Morgan fingerprint density at radius 1 is 1.17 bits per heavy atom. The Kier molecular flexibility index (Phi) is 2.34. The number of hydrogen-bond donors (Lipinski definition) is 0. The molecule has 0 N–H and O–H groups in total. The minimum atomic E-state index is 1.29. The second-order valence-electron chi connectivity index (χ2n) is 3.82. The van der Waals surface area contributed by atoms with Crippen molar-refractivity contribution < 1.29 is 0 Å². The van der Waals surface area contributed by atoms with Crippen LogP contribution >= 0.6 is 0 Å². The second kappa shape index (κ2) is 3.47. The van der Waals surface area contributed by atoms with E-state index in [0.29, 0.717) is 0 Å². The van der Waals surface area contributed by atoms with Crippen molar-refractivity contribution >= 4 is 0 Å². The van der Waals surface area contributed by atoms with Crippen LogP contribution in [0.4, 0.5) is 0 Å².